The number of rotatable bonds is 2. The predicted octanol–water partition coefficient (Wildman–Crippen LogP) is 11.3. The molecule has 0 fully saturated rings. The van der Waals surface area contributed by atoms with Gasteiger partial charge in [0.2, 0.25) is 0 Å². The molecule has 8 aromatic carbocycles. The van der Waals surface area contributed by atoms with Crippen molar-refractivity contribution in [3.63, 3.8) is 0 Å². The molecule has 3 aromatic heterocycles. The second-order valence-corrected chi connectivity index (χ2v) is 12.6. The maximum absolute atomic E-state index is 5.66. The smallest absolute Gasteiger partial charge is 0.116 e. The Labute approximate surface area is 274 Å². The molecule has 0 amide bonds. The molecule has 0 saturated heterocycles. The highest BCUT2D eigenvalue weighted by atomic mass is 15.0. The van der Waals surface area contributed by atoms with Crippen LogP contribution in [0, 0.1) is 0 Å². The van der Waals surface area contributed by atoms with Crippen LogP contribution in [0.4, 0.5) is 0 Å². The van der Waals surface area contributed by atoms with Gasteiger partial charge in [-0.25, -0.2) is 9.97 Å². The summed E-state index contributed by atoms with van der Waals surface area (Å²) in [4.78, 5) is 11.3. The van der Waals surface area contributed by atoms with E-state index in [2.05, 4.69) is 167 Å². The zero-order chi connectivity index (χ0) is 31.3. The van der Waals surface area contributed by atoms with Crippen molar-refractivity contribution in [2.24, 2.45) is 0 Å². The van der Waals surface area contributed by atoms with Gasteiger partial charge in [-0.05, 0) is 47.2 Å². The highest BCUT2D eigenvalue weighted by molar-refractivity contribution is 6.24. The van der Waals surface area contributed by atoms with Gasteiger partial charge in [-0.15, -0.1) is 0 Å². The number of benzene rings is 8. The molecule has 0 aliphatic carbocycles. The molecule has 48 heavy (non-hydrogen) atoms. The first-order chi connectivity index (χ1) is 23.8. The van der Waals surface area contributed by atoms with E-state index in [9.17, 15) is 0 Å². The lowest BCUT2D eigenvalue weighted by Crippen LogP contribution is -2.03. The number of para-hydroxylation sites is 4. The lowest BCUT2D eigenvalue weighted by atomic mass is 9.99. The molecule has 0 unspecified atom stereocenters. The maximum atomic E-state index is 5.66. The molecule has 0 aliphatic heterocycles. The molecule has 4 heteroatoms. The molecule has 11 aromatic rings. The topological polar surface area (TPSA) is 35.6 Å². The Kier molecular flexibility index (Phi) is 5.08. The summed E-state index contributed by atoms with van der Waals surface area (Å²) in [5.41, 5.74) is 10.2. The van der Waals surface area contributed by atoms with Gasteiger partial charge < -0.3 is 9.13 Å². The van der Waals surface area contributed by atoms with Crippen LogP contribution < -0.4 is 0 Å². The van der Waals surface area contributed by atoms with Crippen molar-refractivity contribution >= 4 is 87.2 Å². The van der Waals surface area contributed by atoms with Crippen molar-refractivity contribution in [3.8, 4) is 11.4 Å². The van der Waals surface area contributed by atoms with Crippen LogP contribution in [0.5, 0.6) is 0 Å². The zero-order valence-corrected chi connectivity index (χ0v) is 25.8. The first-order valence-electron chi connectivity index (χ1n) is 16.4. The fraction of sp³-hybridized carbons (Fsp3) is 0. The number of fused-ring (bicyclic) bond motifs is 13. The zero-order valence-electron chi connectivity index (χ0n) is 25.8. The molecule has 0 N–H and O–H groups in total. The fourth-order valence-corrected chi connectivity index (χ4v) is 8.06. The van der Waals surface area contributed by atoms with E-state index in [0.29, 0.717) is 0 Å². The third kappa shape index (κ3) is 3.33. The Bertz CT molecular complexity index is 2810. The molecular formula is C44H26N4. The van der Waals surface area contributed by atoms with E-state index in [4.69, 9.17) is 9.97 Å². The first kappa shape index (κ1) is 25.6. The van der Waals surface area contributed by atoms with Gasteiger partial charge in [0, 0.05) is 32.3 Å². The molecule has 11 rings (SSSR count). The summed E-state index contributed by atoms with van der Waals surface area (Å²) in [5, 5.41) is 9.47. The Hall–Kier alpha value is -6.52. The molecule has 0 atom stereocenters. The minimum Gasteiger partial charge on any atom is -0.307 e. The van der Waals surface area contributed by atoms with Crippen molar-refractivity contribution in [1.29, 1.82) is 0 Å². The van der Waals surface area contributed by atoms with E-state index < -0.39 is 0 Å². The summed E-state index contributed by atoms with van der Waals surface area (Å²) in [6, 6.07) is 56.3. The Balaban J connectivity index is 1.38. The van der Waals surface area contributed by atoms with Gasteiger partial charge in [0.15, 0.2) is 0 Å². The van der Waals surface area contributed by atoms with Gasteiger partial charge in [-0.3, -0.25) is 0 Å². The van der Waals surface area contributed by atoms with E-state index in [1.165, 1.54) is 32.3 Å². The van der Waals surface area contributed by atoms with E-state index in [0.717, 1.165) is 66.3 Å². The van der Waals surface area contributed by atoms with Crippen LogP contribution in [0.3, 0.4) is 0 Å². The van der Waals surface area contributed by atoms with Gasteiger partial charge in [-0.1, -0.05) is 121 Å². The van der Waals surface area contributed by atoms with Crippen LogP contribution in [-0.2, 0) is 0 Å². The molecule has 0 spiro atoms. The van der Waals surface area contributed by atoms with Crippen molar-refractivity contribution in [3.05, 3.63) is 158 Å². The van der Waals surface area contributed by atoms with Gasteiger partial charge in [0.05, 0.1) is 44.5 Å². The Morgan fingerprint density at radius 1 is 0.250 bits per heavy atom. The number of hydrogen-bond acceptors (Lipinski definition) is 2. The average Bonchev–Trinajstić information content (AvgIpc) is 3.67. The van der Waals surface area contributed by atoms with E-state index in [1.807, 2.05) is 0 Å². The predicted molar refractivity (Wildman–Crippen MR) is 201 cm³/mol. The minimum absolute atomic E-state index is 0.869. The second kappa shape index (κ2) is 9.50. The SMILES string of the molecule is c1ccc2c(c1)c1ccccc1c1nc3c(-n4c5ccccc5c5ccccc54)ccc(-n4c5ccccc5c5ccccc54)c3nc21. The highest BCUT2D eigenvalue weighted by Gasteiger charge is 2.22. The summed E-state index contributed by atoms with van der Waals surface area (Å²) < 4.78 is 4.73. The molecule has 222 valence electrons. The van der Waals surface area contributed by atoms with Crippen LogP contribution in [0.2, 0.25) is 0 Å². The molecule has 0 bridgehead atoms. The summed E-state index contributed by atoms with van der Waals surface area (Å²) in [5.74, 6) is 0. The first-order valence-corrected chi connectivity index (χ1v) is 16.4. The standard InChI is InChI=1S/C44H26N4/c1-3-19-33-27(13-1)28-14-2-4-20-34(28)42-41(33)45-43-39(47-35-21-9-5-15-29(35)30-16-6-10-22-36(30)47)25-26-40(44(43)46-42)48-37-23-11-7-17-31(37)32-18-8-12-24-38(32)48/h1-26H. The molecule has 0 aliphatic rings. The van der Waals surface area contributed by atoms with Crippen LogP contribution in [0.15, 0.2) is 158 Å². The molecular weight excluding hydrogens is 585 g/mol. The van der Waals surface area contributed by atoms with Gasteiger partial charge in [0.25, 0.3) is 0 Å². The van der Waals surface area contributed by atoms with Crippen LogP contribution in [0.25, 0.3) is 98.6 Å². The number of nitrogens with zero attached hydrogens (tertiary/aromatic N) is 4. The van der Waals surface area contributed by atoms with Crippen molar-refractivity contribution < 1.29 is 0 Å². The van der Waals surface area contributed by atoms with Gasteiger partial charge in [0.1, 0.15) is 11.0 Å². The summed E-state index contributed by atoms with van der Waals surface area (Å²) in [7, 11) is 0. The van der Waals surface area contributed by atoms with E-state index >= 15 is 0 Å². The lowest BCUT2D eigenvalue weighted by molar-refractivity contribution is 1.15. The summed E-state index contributed by atoms with van der Waals surface area (Å²) in [6.07, 6.45) is 0. The minimum atomic E-state index is 0.869. The average molecular weight is 611 g/mol. The molecule has 0 radical (unpaired) electrons. The Morgan fingerprint density at radius 2 is 0.521 bits per heavy atom. The monoisotopic (exact) mass is 610 g/mol. The van der Waals surface area contributed by atoms with E-state index in [-0.39, 0.29) is 0 Å². The third-order valence-electron chi connectivity index (χ3n) is 10.1. The quantitative estimate of drug-likeness (QED) is 0.144. The van der Waals surface area contributed by atoms with E-state index in [1.54, 1.807) is 0 Å². The second-order valence-electron chi connectivity index (χ2n) is 12.6. The van der Waals surface area contributed by atoms with Crippen molar-refractivity contribution in [2.45, 2.75) is 0 Å². The number of aromatic nitrogens is 4. The van der Waals surface area contributed by atoms with Crippen LogP contribution in [0.1, 0.15) is 0 Å². The summed E-state index contributed by atoms with van der Waals surface area (Å²) >= 11 is 0. The maximum Gasteiger partial charge on any atom is 0.116 e. The molecule has 3 heterocycles. The number of hydrogen-bond donors (Lipinski definition) is 0. The van der Waals surface area contributed by atoms with Gasteiger partial charge in [-0.2, -0.15) is 0 Å². The van der Waals surface area contributed by atoms with Crippen LogP contribution >= 0.6 is 0 Å². The normalized spacial score (nSPS) is 12.2. The third-order valence-corrected chi connectivity index (χ3v) is 10.1. The van der Waals surface area contributed by atoms with Crippen LogP contribution in [-0.4, -0.2) is 19.1 Å². The van der Waals surface area contributed by atoms with Crippen molar-refractivity contribution in [1.82, 2.24) is 19.1 Å². The highest BCUT2D eigenvalue weighted by Crippen LogP contribution is 2.41. The largest absolute Gasteiger partial charge is 0.307 e. The fourth-order valence-electron chi connectivity index (χ4n) is 8.06. The Morgan fingerprint density at radius 3 is 0.854 bits per heavy atom. The summed E-state index contributed by atoms with van der Waals surface area (Å²) in [6.45, 7) is 0. The van der Waals surface area contributed by atoms with Crippen molar-refractivity contribution in [2.75, 3.05) is 0 Å². The lowest BCUT2D eigenvalue weighted by Gasteiger charge is -2.17. The van der Waals surface area contributed by atoms with Gasteiger partial charge >= 0.3 is 0 Å². The molecule has 0 saturated carbocycles. The molecule has 4 nitrogen and oxygen atoms in total.